The summed E-state index contributed by atoms with van der Waals surface area (Å²) in [6.45, 7) is 2.63. The molecular weight excluding hydrogens is 281 g/mol. The highest BCUT2D eigenvalue weighted by molar-refractivity contribution is 5.26. The molecule has 0 aliphatic rings. The summed E-state index contributed by atoms with van der Waals surface area (Å²) in [6, 6.07) is 6.38. The quantitative estimate of drug-likeness (QED) is 0.761. The number of hydrogen-bond donors (Lipinski definition) is 2. The molecule has 0 saturated carbocycles. The lowest BCUT2D eigenvalue weighted by Gasteiger charge is -2.19. The number of H-pyrrole nitrogens is 1. The van der Waals surface area contributed by atoms with Crippen molar-refractivity contribution in [3.05, 3.63) is 71.3 Å². The van der Waals surface area contributed by atoms with Crippen LogP contribution < -0.4 is 5.32 Å². The van der Waals surface area contributed by atoms with Gasteiger partial charge in [-0.3, -0.25) is 10.4 Å². The standard InChI is InChI=1S/C16H18FN5/c1-11-13(10-20-21-11)9-19-15(16-18-7-8-22(16)2)12-3-5-14(17)6-4-12/h3-8,10,15,19H,9H2,1-2H3,(H,20,21)/t15-/m0/s1. The van der Waals surface area contributed by atoms with Gasteiger partial charge in [-0.1, -0.05) is 12.1 Å². The van der Waals surface area contributed by atoms with E-state index >= 15 is 0 Å². The van der Waals surface area contributed by atoms with Gasteiger partial charge in [-0.25, -0.2) is 9.37 Å². The first-order valence-electron chi connectivity index (χ1n) is 7.10. The first kappa shape index (κ1) is 14.5. The highest BCUT2D eigenvalue weighted by atomic mass is 19.1. The van der Waals surface area contributed by atoms with E-state index in [0.29, 0.717) is 6.54 Å². The van der Waals surface area contributed by atoms with Gasteiger partial charge in [-0.15, -0.1) is 0 Å². The summed E-state index contributed by atoms with van der Waals surface area (Å²) >= 11 is 0. The SMILES string of the molecule is Cc1[nH]ncc1CN[C@@H](c1ccc(F)cc1)c1nccn1C. The van der Waals surface area contributed by atoms with Gasteiger partial charge in [-0.05, 0) is 24.6 Å². The summed E-state index contributed by atoms with van der Waals surface area (Å²) in [5.74, 6) is 0.640. The summed E-state index contributed by atoms with van der Waals surface area (Å²) in [5, 5.41) is 10.4. The van der Waals surface area contributed by atoms with Gasteiger partial charge >= 0.3 is 0 Å². The molecule has 0 bridgehead atoms. The molecule has 0 fully saturated rings. The van der Waals surface area contributed by atoms with E-state index in [0.717, 1.165) is 22.6 Å². The zero-order valence-corrected chi connectivity index (χ0v) is 12.5. The van der Waals surface area contributed by atoms with Crippen molar-refractivity contribution in [2.75, 3.05) is 0 Å². The Labute approximate surface area is 128 Å². The van der Waals surface area contributed by atoms with Crippen LogP contribution in [0.5, 0.6) is 0 Å². The van der Waals surface area contributed by atoms with Gasteiger partial charge in [0.05, 0.1) is 12.2 Å². The van der Waals surface area contributed by atoms with E-state index < -0.39 is 0 Å². The van der Waals surface area contributed by atoms with Crippen molar-refractivity contribution in [1.82, 2.24) is 25.1 Å². The average molecular weight is 299 g/mol. The minimum absolute atomic E-state index is 0.116. The lowest BCUT2D eigenvalue weighted by atomic mass is 10.1. The maximum atomic E-state index is 13.2. The van der Waals surface area contributed by atoms with Crippen LogP contribution in [-0.2, 0) is 13.6 Å². The molecule has 3 rings (SSSR count). The van der Waals surface area contributed by atoms with Crippen LogP contribution in [-0.4, -0.2) is 19.7 Å². The Balaban J connectivity index is 1.88. The van der Waals surface area contributed by atoms with Gasteiger partial charge in [0, 0.05) is 37.2 Å². The van der Waals surface area contributed by atoms with Crippen LogP contribution in [0, 0.1) is 12.7 Å². The predicted octanol–water partition coefficient (Wildman–Crippen LogP) is 2.47. The highest BCUT2D eigenvalue weighted by Crippen LogP contribution is 2.21. The van der Waals surface area contributed by atoms with E-state index in [1.165, 1.54) is 12.1 Å². The van der Waals surface area contributed by atoms with E-state index in [-0.39, 0.29) is 11.9 Å². The Kier molecular flexibility index (Phi) is 4.02. The first-order valence-corrected chi connectivity index (χ1v) is 7.10. The average Bonchev–Trinajstić information content (AvgIpc) is 3.11. The number of nitrogens with one attached hydrogen (secondary N) is 2. The smallest absolute Gasteiger partial charge is 0.130 e. The molecule has 22 heavy (non-hydrogen) atoms. The largest absolute Gasteiger partial charge is 0.336 e. The number of aryl methyl sites for hydroxylation is 2. The first-order chi connectivity index (χ1) is 10.6. The summed E-state index contributed by atoms with van der Waals surface area (Å²) < 4.78 is 15.1. The van der Waals surface area contributed by atoms with E-state index in [1.807, 2.05) is 30.9 Å². The molecule has 2 heterocycles. The van der Waals surface area contributed by atoms with Gasteiger partial charge in [0.15, 0.2) is 0 Å². The number of hydrogen-bond acceptors (Lipinski definition) is 3. The molecule has 0 saturated heterocycles. The molecule has 6 heteroatoms. The third kappa shape index (κ3) is 2.92. The number of nitrogens with zero attached hydrogens (tertiary/aromatic N) is 3. The molecule has 2 N–H and O–H groups in total. The summed E-state index contributed by atoms with van der Waals surface area (Å²) in [6.07, 6.45) is 5.47. The van der Waals surface area contributed by atoms with Crippen LogP contribution in [0.4, 0.5) is 4.39 Å². The third-order valence-electron chi connectivity index (χ3n) is 3.75. The zero-order valence-electron chi connectivity index (χ0n) is 12.5. The van der Waals surface area contributed by atoms with Crippen LogP contribution in [0.25, 0.3) is 0 Å². The van der Waals surface area contributed by atoms with Crippen LogP contribution in [0.3, 0.4) is 0 Å². The normalized spacial score (nSPS) is 12.5. The van der Waals surface area contributed by atoms with E-state index in [1.54, 1.807) is 18.3 Å². The van der Waals surface area contributed by atoms with Gasteiger partial charge in [0.25, 0.3) is 0 Å². The monoisotopic (exact) mass is 299 g/mol. The van der Waals surface area contributed by atoms with Gasteiger partial charge < -0.3 is 4.57 Å². The lowest BCUT2D eigenvalue weighted by Crippen LogP contribution is -2.25. The van der Waals surface area contributed by atoms with Gasteiger partial charge in [-0.2, -0.15) is 5.10 Å². The Morgan fingerprint density at radius 3 is 2.68 bits per heavy atom. The van der Waals surface area contributed by atoms with Crippen LogP contribution in [0.1, 0.15) is 28.7 Å². The zero-order chi connectivity index (χ0) is 15.5. The number of aromatic amines is 1. The minimum Gasteiger partial charge on any atom is -0.336 e. The molecule has 0 unspecified atom stereocenters. The topological polar surface area (TPSA) is 58.5 Å². The van der Waals surface area contributed by atoms with E-state index in [4.69, 9.17) is 0 Å². The molecular formula is C16H18FN5. The predicted molar refractivity (Wildman–Crippen MR) is 81.6 cm³/mol. The Morgan fingerprint density at radius 1 is 1.32 bits per heavy atom. The second-order valence-electron chi connectivity index (χ2n) is 5.28. The number of imidazole rings is 1. The fraction of sp³-hybridized carbons (Fsp3) is 0.250. The molecule has 1 atom stereocenters. The Bertz CT molecular complexity index is 744. The summed E-state index contributed by atoms with van der Waals surface area (Å²) in [7, 11) is 1.95. The van der Waals surface area contributed by atoms with Crippen molar-refractivity contribution in [2.45, 2.75) is 19.5 Å². The molecule has 0 spiro atoms. The second-order valence-corrected chi connectivity index (χ2v) is 5.28. The Hall–Kier alpha value is -2.47. The van der Waals surface area contributed by atoms with Gasteiger partial charge in [0.1, 0.15) is 11.6 Å². The van der Waals surface area contributed by atoms with Crippen molar-refractivity contribution < 1.29 is 4.39 Å². The third-order valence-corrected chi connectivity index (χ3v) is 3.75. The number of halogens is 1. The summed E-state index contributed by atoms with van der Waals surface area (Å²) in [5.41, 5.74) is 3.10. The second kappa shape index (κ2) is 6.11. The van der Waals surface area contributed by atoms with E-state index in [2.05, 4.69) is 20.5 Å². The lowest BCUT2D eigenvalue weighted by molar-refractivity contribution is 0.555. The van der Waals surface area contributed by atoms with E-state index in [9.17, 15) is 4.39 Å². The molecule has 0 aliphatic heterocycles. The summed E-state index contributed by atoms with van der Waals surface area (Å²) in [4.78, 5) is 4.42. The molecule has 5 nitrogen and oxygen atoms in total. The molecule has 3 aromatic rings. The minimum atomic E-state index is -0.243. The fourth-order valence-corrected chi connectivity index (χ4v) is 2.43. The van der Waals surface area contributed by atoms with Crippen molar-refractivity contribution in [3.8, 4) is 0 Å². The van der Waals surface area contributed by atoms with Crippen molar-refractivity contribution in [1.29, 1.82) is 0 Å². The van der Waals surface area contributed by atoms with Crippen LogP contribution in [0.2, 0.25) is 0 Å². The van der Waals surface area contributed by atoms with Crippen LogP contribution >= 0.6 is 0 Å². The van der Waals surface area contributed by atoms with Gasteiger partial charge in [0.2, 0.25) is 0 Å². The van der Waals surface area contributed by atoms with Crippen LogP contribution in [0.15, 0.2) is 42.9 Å². The number of rotatable bonds is 5. The molecule has 1 aromatic carbocycles. The molecule has 0 amide bonds. The maximum absolute atomic E-state index is 13.2. The highest BCUT2D eigenvalue weighted by Gasteiger charge is 2.18. The maximum Gasteiger partial charge on any atom is 0.130 e. The molecule has 2 aromatic heterocycles. The van der Waals surface area contributed by atoms with Crippen molar-refractivity contribution in [2.24, 2.45) is 7.05 Å². The Morgan fingerprint density at radius 2 is 2.09 bits per heavy atom. The van der Waals surface area contributed by atoms with Crippen molar-refractivity contribution in [3.63, 3.8) is 0 Å². The van der Waals surface area contributed by atoms with Crippen molar-refractivity contribution >= 4 is 0 Å². The molecule has 0 aliphatic carbocycles. The fourth-order valence-electron chi connectivity index (χ4n) is 2.43. The number of benzene rings is 1. The molecule has 114 valence electrons. The molecule has 0 radical (unpaired) electrons. The number of aromatic nitrogens is 4.